The summed E-state index contributed by atoms with van der Waals surface area (Å²) in [6.07, 6.45) is 3.60. The number of hydrogen-bond acceptors (Lipinski definition) is 3. The summed E-state index contributed by atoms with van der Waals surface area (Å²) in [4.78, 5) is 17.7. The fraction of sp³-hybridized carbons (Fsp3) is 0.333. The zero-order chi connectivity index (χ0) is 19.8. The minimum absolute atomic E-state index is 0.0278. The normalized spacial score (nSPS) is 14.5. The number of likely N-dealkylation sites (tertiary alicyclic amines) is 1. The van der Waals surface area contributed by atoms with Gasteiger partial charge in [0, 0.05) is 36.5 Å². The zero-order valence-corrected chi connectivity index (χ0v) is 16.1. The Kier molecular flexibility index (Phi) is 7.70. The Bertz CT molecular complexity index is 824. The van der Waals surface area contributed by atoms with Crippen molar-refractivity contribution < 1.29 is 9.18 Å². The lowest BCUT2D eigenvalue weighted by Crippen LogP contribution is -2.44. The molecular weight excluding hydrogens is 389 g/mol. The van der Waals surface area contributed by atoms with Gasteiger partial charge in [-0.15, -0.1) is 0 Å². The van der Waals surface area contributed by atoms with Gasteiger partial charge in [-0.05, 0) is 37.2 Å². The molecule has 0 aliphatic carbocycles. The number of carbonyl (C=O) groups excluding carboxylic acids is 1. The second-order valence-electron chi connectivity index (χ2n) is 5.95. The van der Waals surface area contributed by atoms with E-state index in [1.54, 1.807) is 23.1 Å². The van der Waals surface area contributed by atoms with Gasteiger partial charge in [-0.1, -0.05) is 29.3 Å². The van der Waals surface area contributed by atoms with Crippen LogP contribution in [-0.2, 0) is 0 Å². The number of carbonyl (C=O) groups is 1. The Morgan fingerprint density at radius 3 is 2.81 bits per heavy atom. The van der Waals surface area contributed by atoms with E-state index in [1.807, 2.05) is 6.07 Å². The highest BCUT2D eigenvalue weighted by Crippen LogP contribution is 2.22. The molecule has 0 radical (unpaired) electrons. The number of nitrogens with zero attached hydrogens (tertiary/aromatic N) is 3. The molecule has 0 spiro atoms. The highest BCUT2D eigenvalue weighted by Gasteiger charge is 2.20. The van der Waals surface area contributed by atoms with Crippen molar-refractivity contribution in [2.45, 2.75) is 25.7 Å². The van der Waals surface area contributed by atoms with Crippen LogP contribution in [0.25, 0.3) is 6.08 Å². The van der Waals surface area contributed by atoms with Crippen LogP contribution in [-0.4, -0.2) is 35.0 Å². The van der Waals surface area contributed by atoms with Crippen LogP contribution in [0.4, 0.5) is 9.18 Å². The average molecular weight is 408 g/mol. The number of aliphatic imine (C=N–C) groups is 1. The fourth-order valence-electron chi connectivity index (χ4n) is 2.55. The van der Waals surface area contributed by atoms with Crippen molar-refractivity contribution in [3.8, 4) is 6.07 Å². The van der Waals surface area contributed by atoms with E-state index >= 15 is 0 Å². The smallest absolute Gasteiger partial charge is 0.323 e. The number of rotatable bonds is 3. The molecule has 27 heavy (non-hydrogen) atoms. The molecule has 1 aromatic rings. The van der Waals surface area contributed by atoms with Gasteiger partial charge in [0.25, 0.3) is 0 Å². The molecule has 1 fully saturated rings. The van der Waals surface area contributed by atoms with E-state index in [-0.39, 0.29) is 29.2 Å². The second-order valence-corrected chi connectivity index (χ2v) is 6.78. The van der Waals surface area contributed by atoms with Crippen molar-refractivity contribution in [2.24, 2.45) is 10.7 Å². The molecule has 0 unspecified atom stereocenters. The molecule has 9 heteroatoms. The van der Waals surface area contributed by atoms with Crippen LogP contribution in [0.15, 0.2) is 28.8 Å². The molecule has 3 N–H and O–H groups in total. The Morgan fingerprint density at radius 1 is 1.48 bits per heavy atom. The van der Waals surface area contributed by atoms with Crippen molar-refractivity contribution in [2.75, 3.05) is 13.1 Å². The Labute approximate surface area is 167 Å². The topological polar surface area (TPSA) is 94.5 Å². The molecule has 2 rings (SSSR count). The third-order valence-electron chi connectivity index (χ3n) is 3.97. The summed E-state index contributed by atoms with van der Waals surface area (Å²) >= 11 is 10.7. The minimum atomic E-state index is -0.368. The summed E-state index contributed by atoms with van der Waals surface area (Å²) in [7, 11) is 0. The van der Waals surface area contributed by atoms with E-state index in [1.165, 1.54) is 6.07 Å². The lowest BCUT2D eigenvalue weighted by molar-refractivity contribution is 0.199. The number of nitrogens with one attached hydrogen (secondary N) is 1. The summed E-state index contributed by atoms with van der Waals surface area (Å²) in [5.74, 6) is -0.164. The Hall–Kier alpha value is -2.50. The predicted octanol–water partition coefficient (Wildman–Crippen LogP) is 3.61. The number of nitriles is 1. The number of halogens is 2. The van der Waals surface area contributed by atoms with Crippen LogP contribution in [0.3, 0.4) is 0 Å². The molecule has 1 aliphatic heterocycles. The van der Waals surface area contributed by atoms with Gasteiger partial charge in [-0.2, -0.15) is 5.26 Å². The summed E-state index contributed by atoms with van der Waals surface area (Å²) < 4.78 is 13.9. The van der Waals surface area contributed by atoms with Crippen LogP contribution in [0, 0.1) is 17.1 Å². The first-order chi connectivity index (χ1) is 12.9. The summed E-state index contributed by atoms with van der Waals surface area (Å²) in [6.45, 7) is 0.978. The Morgan fingerprint density at radius 2 is 2.19 bits per heavy atom. The van der Waals surface area contributed by atoms with Crippen molar-refractivity contribution in [1.82, 2.24) is 10.2 Å². The highest BCUT2D eigenvalue weighted by molar-refractivity contribution is 7.80. The maximum absolute atomic E-state index is 13.9. The standard InChI is InChI=1S/C18H19ClFN5OS/c19-14-4-3-13(15(20)11-14)10-12-5-8-25(9-6-12)18(26)24-17(27)23-16(22)2-1-7-21/h3-4,10-11H,1-2,5-6,8-9H2,(H3,22,23,24,26,27). The lowest BCUT2D eigenvalue weighted by atomic mass is 10.0. The largest absolute Gasteiger partial charge is 0.387 e. The molecular formula is C18H19ClFN5OS. The first-order valence-electron chi connectivity index (χ1n) is 8.33. The van der Waals surface area contributed by atoms with Crippen molar-refractivity contribution >= 4 is 46.9 Å². The molecule has 1 saturated heterocycles. The maximum atomic E-state index is 13.9. The van der Waals surface area contributed by atoms with Gasteiger partial charge >= 0.3 is 6.03 Å². The number of thiocarbonyl (C=S) groups is 1. The lowest BCUT2D eigenvalue weighted by Gasteiger charge is -2.28. The van der Waals surface area contributed by atoms with Gasteiger partial charge in [0.2, 0.25) is 5.11 Å². The van der Waals surface area contributed by atoms with E-state index in [0.29, 0.717) is 42.9 Å². The van der Waals surface area contributed by atoms with Gasteiger partial charge in [-0.3, -0.25) is 5.32 Å². The number of amidine groups is 1. The van der Waals surface area contributed by atoms with Crippen LogP contribution in [0.1, 0.15) is 31.2 Å². The summed E-state index contributed by atoms with van der Waals surface area (Å²) in [5.41, 5.74) is 7.17. The molecule has 0 bridgehead atoms. The first kappa shape index (κ1) is 20.8. The summed E-state index contributed by atoms with van der Waals surface area (Å²) in [5, 5.41) is 11.3. The molecule has 1 aromatic carbocycles. The summed E-state index contributed by atoms with van der Waals surface area (Å²) in [6, 6.07) is 6.16. The van der Waals surface area contributed by atoms with Crippen molar-refractivity contribution in [1.29, 1.82) is 5.26 Å². The third-order valence-corrected chi connectivity index (χ3v) is 4.40. The van der Waals surface area contributed by atoms with Gasteiger partial charge in [0.1, 0.15) is 11.7 Å². The second kappa shape index (κ2) is 10.00. The van der Waals surface area contributed by atoms with Gasteiger partial charge in [-0.25, -0.2) is 14.2 Å². The quantitative estimate of drug-likeness (QED) is 0.454. The first-order valence-corrected chi connectivity index (χ1v) is 9.12. The predicted molar refractivity (Wildman–Crippen MR) is 108 cm³/mol. The molecule has 6 nitrogen and oxygen atoms in total. The molecule has 142 valence electrons. The molecule has 0 atom stereocenters. The van der Waals surface area contributed by atoms with Crippen LogP contribution >= 0.6 is 23.8 Å². The zero-order valence-electron chi connectivity index (χ0n) is 14.5. The number of benzene rings is 1. The molecule has 0 saturated carbocycles. The minimum Gasteiger partial charge on any atom is -0.387 e. The Balaban J connectivity index is 1.87. The van der Waals surface area contributed by atoms with Gasteiger partial charge in [0.05, 0.1) is 6.07 Å². The van der Waals surface area contributed by atoms with Gasteiger partial charge in [0.15, 0.2) is 0 Å². The van der Waals surface area contributed by atoms with E-state index in [9.17, 15) is 9.18 Å². The monoisotopic (exact) mass is 407 g/mol. The van der Waals surface area contributed by atoms with Crippen LogP contribution in [0.5, 0.6) is 0 Å². The van der Waals surface area contributed by atoms with Gasteiger partial charge < -0.3 is 10.6 Å². The van der Waals surface area contributed by atoms with Crippen LogP contribution in [0.2, 0.25) is 5.02 Å². The van der Waals surface area contributed by atoms with E-state index in [4.69, 9.17) is 34.8 Å². The number of urea groups is 1. The fourth-order valence-corrected chi connectivity index (χ4v) is 2.91. The number of nitrogens with two attached hydrogens (primary N) is 1. The number of piperidine rings is 1. The van der Waals surface area contributed by atoms with Crippen molar-refractivity contribution in [3.63, 3.8) is 0 Å². The average Bonchev–Trinajstić information content (AvgIpc) is 2.62. The highest BCUT2D eigenvalue weighted by atomic mass is 35.5. The molecule has 1 heterocycles. The number of hydrogen-bond donors (Lipinski definition) is 2. The van der Waals surface area contributed by atoms with E-state index < -0.39 is 0 Å². The molecule has 0 aromatic heterocycles. The SMILES string of the molecule is N#CCC/C(N)=N/C(=S)NC(=O)N1CCC(=Cc2ccc(Cl)cc2F)CC1. The van der Waals surface area contributed by atoms with E-state index in [2.05, 4.69) is 10.3 Å². The molecule has 2 amide bonds. The maximum Gasteiger partial charge on any atom is 0.323 e. The molecule has 1 aliphatic rings. The number of amides is 2. The third kappa shape index (κ3) is 6.62. The van der Waals surface area contributed by atoms with Crippen LogP contribution < -0.4 is 11.1 Å². The van der Waals surface area contributed by atoms with Crippen molar-refractivity contribution in [3.05, 3.63) is 40.2 Å². The van der Waals surface area contributed by atoms with E-state index in [0.717, 1.165) is 5.57 Å².